The highest BCUT2D eigenvalue weighted by Gasteiger charge is 2.25. The Balaban J connectivity index is 1.99. The molecule has 0 aliphatic carbocycles. The summed E-state index contributed by atoms with van der Waals surface area (Å²) in [5.74, 6) is 1.70. The zero-order chi connectivity index (χ0) is 13.8. The predicted molar refractivity (Wildman–Crippen MR) is 73.4 cm³/mol. The Morgan fingerprint density at radius 3 is 2.68 bits per heavy atom. The molecule has 1 aliphatic rings. The van der Waals surface area contributed by atoms with Crippen molar-refractivity contribution in [3.63, 3.8) is 0 Å². The number of amides is 1. The molecule has 0 saturated carbocycles. The van der Waals surface area contributed by atoms with E-state index in [2.05, 4.69) is 0 Å². The highest BCUT2D eigenvalue weighted by molar-refractivity contribution is 5.78. The second-order valence-corrected chi connectivity index (χ2v) is 5.03. The number of ether oxygens (including phenoxy) is 2. The van der Waals surface area contributed by atoms with Gasteiger partial charge in [-0.2, -0.15) is 0 Å². The van der Waals surface area contributed by atoms with Gasteiger partial charge in [0.05, 0.1) is 6.54 Å². The van der Waals surface area contributed by atoms with Gasteiger partial charge in [0, 0.05) is 12.5 Å². The molecule has 104 valence electrons. The second kappa shape index (κ2) is 5.95. The summed E-state index contributed by atoms with van der Waals surface area (Å²) in [7, 11) is 0. The van der Waals surface area contributed by atoms with Crippen molar-refractivity contribution in [2.24, 2.45) is 5.92 Å². The van der Waals surface area contributed by atoms with Crippen molar-refractivity contribution in [2.45, 2.75) is 26.9 Å². The highest BCUT2D eigenvalue weighted by Crippen LogP contribution is 2.31. The molecular weight excluding hydrogens is 242 g/mol. The third kappa shape index (κ3) is 3.19. The van der Waals surface area contributed by atoms with Gasteiger partial charge >= 0.3 is 0 Å². The number of likely N-dealkylation sites (N-methyl/N-ethyl adjacent to an activating group) is 1. The quantitative estimate of drug-likeness (QED) is 0.837. The molecule has 1 aromatic carbocycles. The van der Waals surface area contributed by atoms with Gasteiger partial charge in [0.15, 0.2) is 17.6 Å². The van der Waals surface area contributed by atoms with E-state index >= 15 is 0 Å². The van der Waals surface area contributed by atoms with Crippen LogP contribution in [0, 0.1) is 5.92 Å². The van der Waals surface area contributed by atoms with Crippen molar-refractivity contribution in [1.29, 1.82) is 0 Å². The fourth-order valence-corrected chi connectivity index (χ4v) is 2.14. The molecule has 4 nitrogen and oxygen atoms in total. The first kappa shape index (κ1) is 13.7. The maximum absolute atomic E-state index is 12.0. The first-order valence-corrected chi connectivity index (χ1v) is 6.79. The number of hydrogen-bond acceptors (Lipinski definition) is 3. The lowest BCUT2D eigenvalue weighted by Gasteiger charge is -2.31. The van der Waals surface area contributed by atoms with Crippen molar-refractivity contribution in [3.8, 4) is 11.5 Å². The average Bonchev–Trinajstić information content (AvgIpc) is 2.43. The Bertz CT molecular complexity index is 445. The number of carbonyl (C=O) groups is 1. The van der Waals surface area contributed by atoms with Crippen molar-refractivity contribution in [2.75, 3.05) is 19.7 Å². The smallest absolute Gasteiger partial charge is 0.225 e. The van der Waals surface area contributed by atoms with Crippen LogP contribution in [0.2, 0.25) is 0 Å². The van der Waals surface area contributed by atoms with Crippen LogP contribution < -0.4 is 9.47 Å². The average molecular weight is 263 g/mol. The Labute approximate surface area is 114 Å². The van der Waals surface area contributed by atoms with Crippen LogP contribution in [-0.4, -0.2) is 36.6 Å². The molecule has 0 aromatic heterocycles. The number of benzene rings is 1. The molecule has 0 N–H and O–H groups in total. The van der Waals surface area contributed by atoms with E-state index in [1.807, 2.05) is 49.9 Å². The van der Waals surface area contributed by atoms with Gasteiger partial charge in [-0.3, -0.25) is 4.79 Å². The molecule has 0 unspecified atom stereocenters. The van der Waals surface area contributed by atoms with Crippen molar-refractivity contribution >= 4 is 5.91 Å². The lowest BCUT2D eigenvalue weighted by atomic mass is 10.1. The van der Waals surface area contributed by atoms with Crippen molar-refractivity contribution in [1.82, 2.24) is 4.90 Å². The van der Waals surface area contributed by atoms with E-state index in [0.29, 0.717) is 19.7 Å². The molecule has 2 rings (SSSR count). The first-order valence-electron chi connectivity index (χ1n) is 6.79. The lowest BCUT2D eigenvalue weighted by molar-refractivity contribution is -0.135. The molecule has 1 heterocycles. The van der Waals surface area contributed by atoms with E-state index < -0.39 is 0 Å². The van der Waals surface area contributed by atoms with Crippen LogP contribution in [0.1, 0.15) is 20.8 Å². The van der Waals surface area contributed by atoms with Gasteiger partial charge in [-0.25, -0.2) is 0 Å². The van der Waals surface area contributed by atoms with Crippen LogP contribution in [0.3, 0.4) is 0 Å². The van der Waals surface area contributed by atoms with Crippen LogP contribution in [-0.2, 0) is 4.79 Å². The number of carbonyl (C=O) groups excluding carboxylic acids is 1. The van der Waals surface area contributed by atoms with E-state index in [1.54, 1.807) is 0 Å². The predicted octanol–water partition coefficient (Wildman–Crippen LogP) is 2.33. The van der Waals surface area contributed by atoms with Gasteiger partial charge < -0.3 is 14.4 Å². The zero-order valence-corrected chi connectivity index (χ0v) is 11.8. The standard InChI is InChI=1S/C15H21NO3/c1-4-16(15(17)11(2)3)9-12-10-18-13-7-5-6-8-14(13)19-12/h5-8,11-12H,4,9-10H2,1-3H3/t12-/m1/s1. The molecule has 1 aliphatic heterocycles. The van der Waals surface area contributed by atoms with E-state index in [1.165, 1.54) is 0 Å². The molecule has 1 amide bonds. The molecule has 0 spiro atoms. The summed E-state index contributed by atoms with van der Waals surface area (Å²) in [4.78, 5) is 13.8. The molecule has 0 radical (unpaired) electrons. The molecule has 0 fully saturated rings. The number of nitrogens with zero attached hydrogens (tertiary/aromatic N) is 1. The molecule has 0 saturated heterocycles. The zero-order valence-electron chi connectivity index (χ0n) is 11.8. The van der Waals surface area contributed by atoms with Gasteiger partial charge in [0.25, 0.3) is 0 Å². The van der Waals surface area contributed by atoms with E-state index in [-0.39, 0.29) is 17.9 Å². The van der Waals surface area contributed by atoms with E-state index in [4.69, 9.17) is 9.47 Å². The summed E-state index contributed by atoms with van der Waals surface area (Å²) >= 11 is 0. The topological polar surface area (TPSA) is 38.8 Å². The van der Waals surface area contributed by atoms with Crippen molar-refractivity contribution < 1.29 is 14.3 Å². The summed E-state index contributed by atoms with van der Waals surface area (Å²) in [6.45, 7) is 7.56. The van der Waals surface area contributed by atoms with Crippen LogP contribution in [0.15, 0.2) is 24.3 Å². The fraction of sp³-hybridized carbons (Fsp3) is 0.533. The monoisotopic (exact) mass is 263 g/mol. The Kier molecular flexibility index (Phi) is 4.30. The largest absolute Gasteiger partial charge is 0.486 e. The van der Waals surface area contributed by atoms with E-state index in [9.17, 15) is 4.79 Å². The SMILES string of the molecule is CCN(C[C@@H]1COc2ccccc2O1)C(=O)C(C)C. The first-order chi connectivity index (χ1) is 9.11. The number of fused-ring (bicyclic) bond motifs is 1. The maximum Gasteiger partial charge on any atom is 0.225 e. The minimum absolute atomic E-state index is 0.0109. The Hall–Kier alpha value is -1.71. The van der Waals surface area contributed by atoms with Crippen LogP contribution >= 0.6 is 0 Å². The normalized spacial score (nSPS) is 17.4. The Morgan fingerprint density at radius 2 is 2.05 bits per heavy atom. The van der Waals surface area contributed by atoms with Crippen LogP contribution in [0.4, 0.5) is 0 Å². The summed E-state index contributed by atoms with van der Waals surface area (Å²) in [5, 5.41) is 0. The Morgan fingerprint density at radius 1 is 1.37 bits per heavy atom. The number of rotatable bonds is 4. The van der Waals surface area contributed by atoms with Gasteiger partial charge in [-0.15, -0.1) is 0 Å². The van der Waals surface area contributed by atoms with Crippen LogP contribution in [0.25, 0.3) is 0 Å². The molecule has 1 atom stereocenters. The summed E-state index contributed by atoms with van der Waals surface area (Å²) in [6, 6.07) is 7.62. The summed E-state index contributed by atoms with van der Waals surface area (Å²) in [6.07, 6.45) is -0.0995. The van der Waals surface area contributed by atoms with Gasteiger partial charge in [-0.05, 0) is 19.1 Å². The highest BCUT2D eigenvalue weighted by atomic mass is 16.6. The van der Waals surface area contributed by atoms with E-state index in [0.717, 1.165) is 11.5 Å². The van der Waals surface area contributed by atoms with Gasteiger partial charge in [0.2, 0.25) is 5.91 Å². The molecule has 4 heteroatoms. The summed E-state index contributed by atoms with van der Waals surface area (Å²) < 4.78 is 11.5. The lowest BCUT2D eigenvalue weighted by Crippen LogP contribution is -2.44. The minimum atomic E-state index is -0.0995. The number of hydrogen-bond donors (Lipinski definition) is 0. The molecular formula is C15H21NO3. The summed E-state index contributed by atoms with van der Waals surface area (Å²) in [5.41, 5.74) is 0. The molecule has 1 aromatic rings. The third-order valence-electron chi connectivity index (χ3n) is 3.18. The number of para-hydroxylation sites is 2. The maximum atomic E-state index is 12.0. The molecule has 19 heavy (non-hydrogen) atoms. The van der Waals surface area contributed by atoms with Crippen molar-refractivity contribution in [3.05, 3.63) is 24.3 Å². The van der Waals surface area contributed by atoms with Gasteiger partial charge in [-0.1, -0.05) is 26.0 Å². The van der Waals surface area contributed by atoms with Gasteiger partial charge in [0.1, 0.15) is 6.61 Å². The molecule has 0 bridgehead atoms. The second-order valence-electron chi connectivity index (χ2n) is 5.03. The fourth-order valence-electron chi connectivity index (χ4n) is 2.14. The third-order valence-corrected chi connectivity index (χ3v) is 3.18. The minimum Gasteiger partial charge on any atom is -0.486 e. The van der Waals surface area contributed by atoms with Crippen LogP contribution in [0.5, 0.6) is 11.5 Å².